The summed E-state index contributed by atoms with van der Waals surface area (Å²) in [6.07, 6.45) is 6.97. The van der Waals surface area contributed by atoms with Gasteiger partial charge in [0.1, 0.15) is 17.0 Å². The van der Waals surface area contributed by atoms with Crippen molar-refractivity contribution in [3.05, 3.63) is 79.0 Å². The molecule has 1 aliphatic heterocycles. The van der Waals surface area contributed by atoms with Gasteiger partial charge in [0, 0.05) is 29.7 Å². The fourth-order valence-electron chi connectivity index (χ4n) is 4.54. The van der Waals surface area contributed by atoms with Gasteiger partial charge in [0.2, 0.25) is 5.91 Å². The Kier molecular flexibility index (Phi) is 6.54. The number of likely N-dealkylation sites (N-methyl/N-ethyl adjacent to an activating group) is 1. The highest BCUT2D eigenvalue weighted by atomic mass is 16.5. The van der Waals surface area contributed by atoms with E-state index in [1.807, 2.05) is 68.8 Å². The van der Waals surface area contributed by atoms with Crippen LogP contribution in [0.5, 0.6) is 5.75 Å². The molecule has 0 fully saturated rings. The van der Waals surface area contributed by atoms with Gasteiger partial charge in [0.05, 0.1) is 59.5 Å². The van der Waals surface area contributed by atoms with Crippen LogP contribution < -0.4 is 20.7 Å². The number of aromatic nitrogens is 5. The number of ether oxygens (including phenoxy) is 1. The Bertz CT molecular complexity index is 1760. The van der Waals surface area contributed by atoms with Crippen LogP contribution in [-0.2, 0) is 4.79 Å². The van der Waals surface area contributed by atoms with Crippen LogP contribution in [0.4, 0.5) is 17.1 Å². The number of nitrogens with one attached hydrogen (secondary N) is 4. The number of rotatable bonds is 7. The maximum atomic E-state index is 12.2. The van der Waals surface area contributed by atoms with E-state index in [0.717, 1.165) is 45.2 Å². The minimum atomic E-state index is -0.114. The number of hydrogen-bond donors (Lipinski definition) is 4. The van der Waals surface area contributed by atoms with Gasteiger partial charge >= 0.3 is 0 Å². The lowest BCUT2D eigenvalue weighted by Crippen LogP contribution is -2.27. The average molecular weight is 534 g/mol. The number of anilines is 3. The number of fused-ring (bicyclic) bond motifs is 2. The molecule has 0 saturated carbocycles. The maximum absolute atomic E-state index is 12.2. The number of carbonyl (C=O) groups excluding carboxylic acids is 1. The Balaban J connectivity index is 1.30. The molecule has 11 nitrogen and oxygen atoms in total. The number of nitrogens with zero attached hydrogens (tertiary/aromatic N) is 5. The molecule has 5 heterocycles. The summed E-state index contributed by atoms with van der Waals surface area (Å²) in [5.74, 6) is 0.649. The van der Waals surface area contributed by atoms with Crippen molar-refractivity contribution in [2.75, 3.05) is 43.7 Å². The van der Waals surface area contributed by atoms with Gasteiger partial charge in [-0.2, -0.15) is 5.10 Å². The number of methoxy groups -OCH3 is 1. The predicted octanol–water partition coefficient (Wildman–Crippen LogP) is 4.43. The van der Waals surface area contributed by atoms with Crippen molar-refractivity contribution in [2.45, 2.75) is 0 Å². The van der Waals surface area contributed by atoms with Crippen LogP contribution in [0, 0.1) is 0 Å². The molecule has 200 valence electrons. The number of H-pyrrole nitrogens is 1. The van der Waals surface area contributed by atoms with Crippen molar-refractivity contribution in [1.29, 1.82) is 0 Å². The Morgan fingerprint density at radius 1 is 1.05 bits per heavy atom. The van der Waals surface area contributed by atoms with Gasteiger partial charge in [0.25, 0.3) is 0 Å². The Morgan fingerprint density at radius 3 is 2.80 bits per heavy atom. The smallest absolute Gasteiger partial charge is 0.238 e. The largest absolute Gasteiger partial charge is 0.497 e. The topological polar surface area (TPSA) is 133 Å². The first-order chi connectivity index (χ1) is 19.5. The highest BCUT2D eigenvalue weighted by molar-refractivity contribution is 5.98. The van der Waals surface area contributed by atoms with Gasteiger partial charge < -0.3 is 25.6 Å². The third-order valence-electron chi connectivity index (χ3n) is 6.36. The molecule has 5 aromatic rings. The van der Waals surface area contributed by atoms with Gasteiger partial charge in [-0.3, -0.25) is 19.9 Å². The van der Waals surface area contributed by atoms with E-state index in [1.165, 1.54) is 0 Å². The molecule has 0 atom stereocenters. The SMILES string of the molecule is COc1cccc(-c2nccc3c2NC=C(c2n[nH]c4ccc(-c5cncc(NC(=O)CN(C)C)c5)nc24)N3)c1. The van der Waals surface area contributed by atoms with Crippen LogP contribution in [-0.4, -0.2) is 63.7 Å². The second-order valence-electron chi connectivity index (χ2n) is 9.55. The highest BCUT2D eigenvalue weighted by Gasteiger charge is 2.21. The summed E-state index contributed by atoms with van der Waals surface area (Å²) < 4.78 is 5.39. The monoisotopic (exact) mass is 533 g/mol. The third kappa shape index (κ3) is 4.93. The predicted molar refractivity (Wildman–Crippen MR) is 156 cm³/mol. The molecular formula is C29H27N9O2. The number of amides is 1. The van der Waals surface area contributed by atoms with Gasteiger partial charge in [-0.05, 0) is 50.5 Å². The normalized spacial score (nSPS) is 12.3. The van der Waals surface area contributed by atoms with E-state index in [4.69, 9.17) is 9.72 Å². The van der Waals surface area contributed by atoms with Crippen LogP contribution in [0.25, 0.3) is 39.2 Å². The van der Waals surface area contributed by atoms with Gasteiger partial charge in [-0.25, -0.2) is 4.98 Å². The fraction of sp³-hybridized carbons (Fsp3) is 0.138. The zero-order chi connectivity index (χ0) is 27.6. The van der Waals surface area contributed by atoms with Crippen molar-refractivity contribution in [3.63, 3.8) is 0 Å². The summed E-state index contributed by atoms with van der Waals surface area (Å²) in [5, 5.41) is 17.4. The number of carbonyl (C=O) groups is 1. The Labute approximate surface area is 230 Å². The molecule has 4 N–H and O–H groups in total. The lowest BCUT2D eigenvalue weighted by Gasteiger charge is -2.21. The summed E-state index contributed by atoms with van der Waals surface area (Å²) in [5.41, 5.74) is 8.47. The van der Waals surface area contributed by atoms with E-state index in [1.54, 1.807) is 30.6 Å². The first kappa shape index (κ1) is 25.0. The van der Waals surface area contributed by atoms with E-state index in [-0.39, 0.29) is 12.5 Å². The minimum absolute atomic E-state index is 0.114. The lowest BCUT2D eigenvalue weighted by atomic mass is 10.1. The first-order valence-corrected chi connectivity index (χ1v) is 12.6. The van der Waals surface area contributed by atoms with Crippen molar-refractivity contribution >= 4 is 39.7 Å². The van der Waals surface area contributed by atoms with Gasteiger partial charge in [0.15, 0.2) is 0 Å². The fourth-order valence-corrected chi connectivity index (χ4v) is 4.54. The highest BCUT2D eigenvalue weighted by Crippen LogP contribution is 2.38. The summed E-state index contributed by atoms with van der Waals surface area (Å²) in [7, 11) is 5.33. The van der Waals surface area contributed by atoms with Crippen LogP contribution in [0.15, 0.2) is 73.3 Å². The number of benzene rings is 1. The quantitative estimate of drug-likeness (QED) is 0.240. The number of pyridine rings is 3. The zero-order valence-electron chi connectivity index (χ0n) is 22.2. The first-order valence-electron chi connectivity index (χ1n) is 12.6. The summed E-state index contributed by atoms with van der Waals surface area (Å²) in [4.78, 5) is 27.8. The molecule has 0 spiro atoms. The second kappa shape index (κ2) is 10.5. The van der Waals surface area contributed by atoms with E-state index in [2.05, 4.69) is 36.1 Å². The molecule has 1 amide bonds. The lowest BCUT2D eigenvalue weighted by molar-refractivity contribution is -0.116. The van der Waals surface area contributed by atoms with E-state index in [9.17, 15) is 4.79 Å². The molecule has 11 heteroatoms. The average Bonchev–Trinajstić information content (AvgIpc) is 3.39. The summed E-state index contributed by atoms with van der Waals surface area (Å²) >= 11 is 0. The van der Waals surface area contributed by atoms with Crippen LogP contribution >= 0.6 is 0 Å². The van der Waals surface area contributed by atoms with Crippen LogP contribution in [0.3, 0.4) is 0 Å². The van der Waals surface area contributed by atoms with E-state index >= 15 is 0 Å². The Morgan fingerprint density at radius 2 is 1.95 bits per heavy atom. The van der Waals surface area contributed by atoms with Gasteiger partial charge in [-0.1, -0.05) is 12.1 Å². The molecule has 4 aromatic heterocycles. The Hall–Kier alpha value is -5.29. The maximum Gasteiger partial charge on any atom is 0.238 e. The van der Waals surface area contributed by atoms with Crippen LogP contribution in [0.1, 0.15) is 5.69 Å². The standard InChI is InChI=1S/C29H27N9O2/c1-38(2)16-25(39)33-19-11-18(13-30-14-19)21-7-8-23-28(35-21)29(37-36-23)24-15-32-27-22(34-24)9-10-31-26(27)17-5-4-6-20(12-17)40-3/h4-15,32,34H,16H2,1-3H3,(H,33,39)(H,36,37). The third-order valence-corrected chi connectivity index (χ3v) is 6.36. The van der Waals surface area contributed by atoms with Gasteiger partial charge in [-0.15, -0.1) is 0 Å². The molecular weight excluding hydrogens is 506 g/mol. The summed E-state index contributed by atoms with van der Waals surface area (Å²) in [6.45, 7) is 0.281. The van der Waals surface area contributed by atoms with Crippen molar-refractivity contribution in [3.8, 4) is 28.3 Å². The van der Waals surface area contributed by atoms with E-state index in [0.29, 0.717) is 22.6 Å². The van der Waals surface area contributed by atoms with Crippen molar-refractivity contribution in [1.82, 2.24) is 30.0 Å². The molecule has 0 bridgehead atoms. The van der Waals surface area contributed by atoms with Crippen molar-refractivity contribution in [2.24, 2.45) is 0 Å². The van der Waals surface area contributed by atoms with Crippen molar-refractivity contribution < 1.29 is 9.53 Å². The number of aromatic amines is 1. The molecule has 0 radical (unpaired) electrons. The molecule has 40 heavy (non-hydrogen) atoms. The summed E-state index contributed by atoms with van der Waals surface area (Å²) in [6, 6.07) is 15.4. The molecule has 1 aromatic carbocycles. The van der Waals surface area contributed by atoms with E-state index < -0.39 is 0 Å². The molecule has 0 unspecified atom stereocenters. The molecule has 1 aliphatic rings. The second-order valence-corrected chi connectivity index (χ2v) is 9.55. The van der Waals surface area contributed by atoms with Crippen LogP contribution in [0.2, 0.25) is 0 Å². The number of hydrogen-bond acceptors (Lipinski definition) is 9. The molecule has 0 saturated heterocycles. The molecule has 0 aliphatic carbocycles. The zero-order valence-corrected chi connectivity index (χ0v) is 22.2. The molecule has 6 rings (SSSR count). The minimum Gasteiger partial charge on any atom is -0.497 e.